The van der Waals surface area contributed by atoms with Gasteiger partial charge in [-0.15, -0.1) is 0 Å². The van der Waals surface area contributed by atoms with Crippen molar-refractivity contribution < 1.29 is 24.2 Å². The molecule has 2 aromatic heterocycles. The van der Waals surface area contributed by atoms with E-state index in [1.54, 1.807) is 28.9 Å². The molecule has 1 fully saturated rings. The topological polar surface area (TPSA) is 93.4 Å². The molecule has 1 saturated heterocycles. The standard InChI is InChI=1S/C17H21N3O5/c1-24-16(22)12-5-3-8-20-10-11(18-15(12)20)9-19-7-4-6-13(21)14(19)17(23)25-2/h3,5,8,10,13-14,21H,4,6-7,9H2,1-2H3. The number of carbonyl (C=O) groups is 2. The molecular weight excluding hydrogens is 326 g/mol. The van der Waals surface area contributed by atoms with E-state index in [1.807, 2.05) is 4.90 Å². The Bertz CT molecular complexity index is 788. The number of carbonyl (C=O) groups excluding carboxylic acids is 2. The van der Waals surface area contributed by atoms with Crippen molar-refractivity contribution in [2.24, 2.45) is 0 Å². The Hall–Kier alpha value is -2.45. The van der Waals surface area contributed by atoms with Crippen LogP contribution in [0.5, 0.6) is 0 Å². The van der Waals surface area contributed by atoms with Crippen LogP contribution in [-0.2, 0) is 20.8 Å². The van der Waals surface area contributed by atoms with Crippen LogP contribution in [0.25, 0.3) is 5.65 Å². The molecule has 1 N–H and O–H groups in total. The summed E-state index contributed by atoms with van der Waals surface area (Å²) in [6.45, 7) is 1.04. The lowest BCUT2D eigenvalue weighted by molar-refractivity contribution is -0.154. The maximum atomic E-state index is 12.0. The second-order valence-electron chi connectivity index (χ2n) is 6.02. The first-order valence-corrected chi connectivity index (χ1v) is 8.10. The summed E-state index contributed by atoms with van der Waals surface area (Å²) in [7, 11) is 2.64. The average molecular weight is 347 g/mol. The van der Waals surface area contributed by atoms with E-state index >= 15 is 0 Å². The molecule has 2 aromatic rings. The van der Waals surface area contributed by atoms with Gasteiger partial charge < -0.3 is 19.0 Å². The number of methoxy groups -OCH3 is 2. The van der Waals surface area contributed by atoms with Crippen molar-refractivity contribution in [2.45, 2.75) is 31.5 Å². The molecule has 0 bridgehead atoms. The number of imidazole rings is 1. The number of piperidine rings is 1. The predicted octanol–water partition coefficient (Wildman–Crippen LogP) is 0.619. The minimum atomic E-state index is -0.760. The third-order valence-electron chi connectivity index (χ3n) is 4.45. The van der Waals surface area contributed by atoms with Crippen molar-refractivity contribution in [2.75, 3.05) is 20.8 Å². The molecule has 2 atom stereocenters. The molecule has 1 aliphatic heterocycles. The molecule has 8 nitrogen and oxygen atoms in total. The summed E-state index contributed by atoms with van der Waals surface area (Å²) in [6, 6.07) is 2.69. The quantitative estimate of drug-likeness (QED) is 0.810. The number of likely N-dealkylation sites (tertiary alicyclic amines) is 1. The van der Waals surface area contributed by atoms with E-state index in [0.717, 1.165) is 6.42 Å². The highest BCUT2D eigenvalue weighted by Gasteiger charge is 2.36. The molecule has 0 saturated carbocycles. The minimum absolute atomic E-state index is 0.374. The molecule has 25 heavy (non-hydrogen) atoms. The van der Waals surface area contributed by atoms with Crippen molar-refractivity contribution in [3.05, 3.63) is 35.8 Å². The summed E-state index contributed by atoms with van der Waals surface area (Å²) in [5.41, 5.74) is 1.57. The van der Waals surface area contributed by atoms with Crippen LogP contribution in [0.15, 0.2) is 24.5 Å². The highest BCUT2D eigenvalue weighted by atomic mass is 16.5. The fourth-order valence-corrected chi connectivity index (χ4v) is 3.27. The van der Waals surface area contributed by atoms with E-state index in [9.17, 15) is 14.7 Å². The van der Waals surface area contributed by atoms with E-state index in [4.69, 9.17) is 9.47 Å². The van der Waals surface area contributed by atoms with Crippen molar-refractivity contribution in [3.63, 3.8) is 0 Å². The number of rotatable bonds is 4. The zero-order valence-corrected chi connectivity index (χ0v) is 14.2. The summed E-state index contributed by atoms with van der Waals surface area (Å²) in [5, 5.41) is 10.2. The lowest BCUT2D eigenvalue weighted by atomic mass is 9.98. The maximum Gasteiger partial charge on any atom is 0.341 e. The molecule has 2 unspecified atom stereocenters. The summed E-state index contributed by atoms with van der Waals surface area (Å²) in [6.07, 6.45) is 4.19. The van der Waals surface area contributed by atoms with Gasteiger partial charge >= 0.3 is 11.9 Å². The first kappa shape index (κ1) is 17.4. The maximum absolute atomic E-state index is 12.0. The Morgan fingerprint density at radius 2 is 2.16 bits per heavy atom. The molecule has 1 aliphatic rings. The van der Waals surface area contributed by atoms with Crippen molar-refractivity contribution in [1.29, 1.82) is 0 Å². The zero-order chi connectivity index (χ0) is 18.0. The van der Waals surface area contributed by atoms with Gasteiger partial charge in [0.1, 0.15) is 11.6 Å². The molecule has 3 heterocycles. The van der Waals surface area contributed by atoms with Gasteiger partial charge in [-0.2, -0.15) is 0 Å². The number of pyridine rings is 1. The van der Waals surface area contributed by atoms with Crippen LogP contribution < -0.4 is 0 Å². The highest BCUT2D eigenvalue weighted by Crippen LogP contribution is 2.22. The predicted molar refractivity (Wildman–Crippen MR) is 88.0 cm³/mol. The van der Waals surface area contributed by atoms with Crippen LogP contribution >= 0.6 is 0 Å². The van der Waals surface area contributed by atoms with Gasteiger partial charge in [0.25, 0.3) is 0 Å². The van der Waals surface area contributed by atoms with Crippen molar-refractivity contribution >= 4 is 17.6 Å². The van der Waals surface area contributed by atoms with Gasteiger partial charge in [-0.1, -0.05) is 0 Å². The van der Waals surface area contributed by atoms with E-state index in [0.29, 0.717) is 36.4 Å². The SMILES string of the molecule is COC(=O)c1cccn2cc(CN3CCCC(O)C3C(=O)OC)nc12. The first-order valence-electron chi connectivity index (χ1n) is 8.10. The highest BCUT2D eigenvalue weighted by molar-refractivity contribution is 5.95. The van der Waals surface area contributed by atoms with Crippen molar-refractivity contribution in [3.8, 4) is 0 Å². The smallest absolute Gasteiger partial charge is 0.341 e. The summed E-state index contributed by atoms with van der Waals surface area (Å²) >= 11 is 0. The molecule has 0 amide bonds. The number of hydrogen-bond donors (Lipinski definition) is 1. The van der Waals surface area contributed by atoms with Crippen LogP contribution in [0, 0.1) is 0 Å². The number of esters is 2. The molecule has 8 heteroatoms. The van der Waals surface area contributed by atoms with Gasteiger partial charge in [-0.25, -0.2) is 9.78 Å². The van der Waals surface area contributed by atoms with Gasteiger partial charge in [0.05, 0.1) is 26.0 Å². The van der Waals surface area contributed by atoms with Crippen LogP contribution in [0.2, 0.25) is 0 Å². The van der Waals surface area contributed by atoms with E-state index in [2.05, 4.69) is 4.98 Å². The van der Waals surface area contributed by atoms with Gasteiger partial charge in [0.2, 0.25) is 0 Å². The third kappa shape index (κ3) is 3.35. The van der Waals surface area contributed by atoms with Crippen LogP contribution in [0.3, 0.4) is 0 Å². The van der Waals surface area contributed by atoms with Gasteiger partial charge in [-0.05, 0) is 31.5 Å². The summed E-state index contributed by atoms with van der Waals surface area (Å²) < 4.78 is 11.4. The van der Waals surface area contributed by atoms with E-state index in [-0.39, 0.29) is 0 Å². The van der Waals surface area contributed by atoms with Gasteiger partial charge in [0, 0.05) is 18.9 Å². The summed E-state index contributed by atoms with van der Waals surface area (Å²) in [5.74, 6) is -0.908. The number of ether oxygens (including phenoxy) is 2. The second-order valence-corrected chi connectivity index (χ2v) is 6.02. The van der Waals surface area contributed by atoms with Gasteiger partial charge in [-0.3, -0.25) is 9.69 Å². The Balaban J connectivity index is 1.89. The molecule has 0 aliphatic carbocycles. The number of nitrogens with zero attached hydrogens (tertiary/aromatic N) is 3. The number of aromatic nitrogens is 2. The fourth-order valence-electron chi connectivity index (χ4n) is 3.27. The average Bonchev–Trinajstić information content (AvgIpc) is 3.03. The largest absolute Gasteiger partial charge is 0.468 e. The number of aliphatic hydroxyl groups excluding tert-OH is 1. The Morgan fingerprint density at radius 3 is 2.88 bits per heavy atom. The minimum Gasteiger partial charge on any atom is -0.468 e. The summed E-state index contributed by atoms with van der Waals surface area (Å²) in [4.78, 5) is 30.3. The van der Waals surface area contributed by atoms with Crippen LogP contribution in [0.4, 0.5) is 0 Å². The number of hydrogen-bond acceptors (Lipinski definition) is 7. The monoisotopic (exact) mass is 347 g/mol. The zero-order valence-electron chi connectivity index (χ0n) is 14.2. The lowest BCUT2D eigenvalue weighted by Gasteiger charge is -2.36. The van der Waals surface area contributed by atoms with Crippen LogP contribution in [-0.4, -0.2) is 64.2 Å². The fraction of sp³-hybridized carbons (Fsp3) is 0.471. The molecule has 0 radical (unpaired) electrons. The Kier molecular flexibility index (Phi) is 5.00. The molecule has 0 aromatic carbocycles. The van der Waals surface area contributed by atoms with E-state index in [1.165, 1.54) is 14.2 Å². The molecular formula is C17H21N3O5. The first-order chi connectivity index (χ1) is 12.0. The Morgan fingerprint density at radius 1 is 1.36 bits per heavy atom. The van der Waals surface area contributed by atoms with E-state index < -0.39 is 24.1 Å². The number of aliphatic hydroxyl groups is 1. The molecule has 0 spiro atoms. The van der Waals surface area contributed by atoms with Crippen molar-refractivity contribution in [1.82, 2.24) is 14.3 Å². The second kappa shape index (κ2) is 7.20. The molecule has 134 valence electrons. The lowest BCUT2D eigenvalue weighted by Crippen LogP contribution is -2.52. The van der Waals surface area contributed by atoms with Gasteiger partial charge in [0.15, 0.2) is 5.65 Å². The van der Waals surface area contributed by atoms with Crippen LogP contribution in [0.1, 0.15) is 28.9 Å². The normalized spacial score (nSPS) is 21.2. The third-order valence-corrected chi connectivity index (χ3v) is 4.45. The Labute approximate surface area is 145 Å². The molecule has 3 rings (SSSR count). The number of fused-ring (bicyclic) bond motifs is 1.